The Balaban J connectivity index is 1.49. The van der Waals surface area contributed by atoms with Crippen LogP contribution in [0.1, 0.15) is 29.0 Å². The number of hydrogen-bond acceptors (Lipinski definition) is 4. The highest BCUT2D eigenvalue weighted by molar-refractivity contribution is 5.76. The Bertz CT molecular complexity index is 836. The van der Waals surface area contributed by atoms with Crippen LogP contribution in [-0.4, -0.2) is 16.0 Å². The lowest BCUT2D eigenvalue weighted by atomic mass is 10.1. The average molecular weight is 335 g/mol. The highest BCUT2D eigenvalue weighted by atomic mass is 16.5. The summed E-state index contributed by atoms with van der Waals surface area (Å²) in [6.07, 6.45) is 0.750. The van der Waals surface area contributed by atoms with Crippen molar-refractivity contribution in [3.05, 3.63) is 71.1 Å². The second kappa shape index (κ2) is 7.75. The average Bonchev–Trinajstić information content (AvgIpc) is 3.09. The van der Waals surface area contributed by atoms with Crippen LogP contribution in [0.15, 0.2) is 53.1 Å². The smallest absolute Gasteiger partial charge is 0.227 e. The van der Waals surface area contributed by atoms with Crippen molar-refractivity contribution in [3.63, 3.8) is 0 Å². The number of hydrogen-bond donors (Lipinski definition) is 1. The van der Waals surface area contributed by atoms with Crippen molar-refractivity contribution < 1.29 is 9.32 Å². The molecule has 0 bridgehead atoms. The Kier molecular flexibility index (Phi) is 5.23. The first-order valence-electron chi connectivity index (χ1n) is 8.32. The van der Waals surface area contributed by atoms with Gasteiger partial charge >= 0.3 is 0 Å². The van der Waals surface area contributed by atoms with Gasteiger partial charge in [0, 0.05) is 24.9 Å². The molecule has 128 valence electrons. The van der Waals surface area contributed by atoms with Crippen molar-refractivity contribution in [2.45, 2.75) is 33.2 Å². The summed E-state index contributed by atoms with van der Waals surface area (Å²) in [6.45, 7) is 4.59. The van der Waals surface area contributed by atoms with E-state index < -0.39 is 0 Å². The van der Waals surface area contributed by atoms with Crippen LogP contribution in [0.3, 0.4) is 0 Å². The molecule has 0 saturated carbocycles. The van der Waals surface area contributed by atoms with Crippen molar-refractivity contribution in [2.75, 3.05) is 0 Å². The van der Waals surface area contributed by atoms with Crippen molar-refractivity contribution in [1.82, 2.24) is 15.5 Å². The summed E-state index contributed by atoms with van der Waals surface area (Å²) in [7, 11) is 0. The van der Waals surface area contributed by atoms with E-state index in [9.17, 15) is 4.79 Å². The summed E-state index contributed by atoms with van der Waals surface area (Å²) in [5, 5.41) is 6.88. The molecule has 2 aromatic carbocycles. The van der Waals surface area contributed by atoms with Crippen molar-refractivity contribution in [2.24, 2.45) is 0 Å². The molecule has 0 atom stereocenters. The Morgan fingerprint density at radius 3 is 2.32 bits per heavy atom. The van der Waals surface area contributed by atoms with E-state index in [0.29, 0.717) is 31.1 Å². The summed E-state index contributed by atoms with van der Waals surface area (Å²) in [4.78, 5) is 16.3. The molecule has 0 radical (unpaired) electrons. The third-order valence-corrected chi connectivity index (χ3v) is 3.95. The van der Waals surface area contributed by atoms with Gasteiger partial charge < -0.3 is 9.84 Å². The Morgan fingerprint density at radius 2 is 1.64 bits per heavy atom. The van der Waals surface area contributed by atoms with Crippen LogP contribution in [0.2, 0.25) is 0 Å². The molecular formula is C20H21N3O2. The zero-order chi connectivity index (χ0) is 17.6. The van der Waals surface area contributed by atoms with E-state index in [4.69, 9.17) is 4.52 Å². The van der Waals surface area contributed by atoms with Gasteiger partial charge in [0.15, 0.2) is 0 Å². The maximum atomic E-state index is 12.0. The van der Waals surface area contributed by atoms with Gasteiger partial charge in [-0.3, -0.25) is 4.79 Å². The molecule has 5 nitrogen and oxygen atoms in total. The van der Waals surface area contributed by atoms with Crippen LogP contribution in [0.25, 0.3) is 11.4 Å². The quantitative estimate of drug-likeness (QED) is 0.747. The van der Waals surface area contributed by atoms with E-state index in [-0.39, 0.29) is 5.91 Å². The third-order valence-electron chi connectivity index (χ3n) is 3.95. The van der Waals surface area contributed by atoms with E-state index in [1.54, 1.807) is 0 Å². The Labute approximate surface area is 147 Å². The van der Waals surface area contributed by atoms with Gasteiger partial charge in [-0.15, -0.1) is 0 Å². The number of nitrogens with zero attached hydrogens (tertiary/aromatic N) is 2. The van der Waals surface area contributed by atoms with E-state index in [1.807, 2.05) is 62.4 Å². The van der Waals surface area contributed by atoms with Gasteiger partial charge in [-0.2, -0.15) is 4.98 Å². The summed E-state index contributed by atoms with van der Waals surface area (Å²) < 4.78 is 5.23. The van der Waals surface area contributed by atoms with Gasteiger partial charge in [0.05, 0.1) is 0 Å². The second-order valence-corrected chi connectivity index (χ2v) is 6.14. The fourth-order valence-electron chi connectivity index (χ4n) is 2.39. The first-order valence-corrected chi connectivity index (χ1v) is 8.32. The van der Waals surface area contributed by atoms with E-state index in [0.717, 1.165) is 11.1 Å². The molecule has 3 rings (SSSR count). The molecule has 25 heavy (non-hydrogen) atoms. The standard InChI is InChI=1S/C20H21N3O2/c1-14-3-7-16(8-4-14)13-21-18(24)11-12-19-22-20(23-25-19)17-9-5-15(2)6-10-17/h3-10H,11-13H2,1-2H3,(H,21,24). The molecule has 0 aliphatic heterocycles. The maximum Gasteiger partial charge on any atom is 0.227 e. The van der Waals surface area contributed by atoms with Crippen LogP contribution < -0.4 is 5.32 Å². The summed E-state index contributed by atoms with van der Waals surface area (Å²) in [6, 6.07) is 16.0. The topological polar surface area (TPSA) is 68.0 Å². The molecule has 0 aliphatic carbocycles. The number of carbonyl (C=O) groups excluding carboxylic acids is 1. The van der Waals surface area contributed by atoms with E-state index >= 15 is 0 Å². The summed E-state index contributed by atoms with van der Waals surface area (Å²) in [5.74, 6) is 0.992. The van der Waals surface area contributed by atoms with Gasteiger partial charge in [0.1, 0.15) is 0 Å². The monoisotopic (exact) mass is 335 g/mol. The number of rotatable bonds is 6. The van der Waals surface area contributed by atoms with Crippen molar-refractivity contribution in [1.29, 1.82) is 0 Å². The molecule has 1 amide bonds. The highest BCUT2D eigenvalue weighted by Crippen LogP contribution is 2.16. The Hall–Kier alpha value is -2.95. The van der Waals surface area contributed by atoms with Gasteiger partial charge in [-0.25, -0.2) is 0 Å². The lowest BCUT2D eigenvalue weighted by molar-refractivity contribution is -0.121. The third kappa shape index (κ3) is 4.76. The molecule has 1 N–H and O–H groups in total. The van der Waals surface area contributed by atoms with Crippen molar-refractivity contribution >= 4 is 5.91 Å². The predicted molar refractivity (Wildman–Crippen MR) is 95.8 cm³/mol. The first-order chi connectivity index (χ1) is 12.1. The number of carbonyl (C=O) groups is 1. The van der Waals surface area contributed by atoms with Crippen LogP contribution >= 0.6 is 0 Å². The minimum absolute atomic E-state index is 0.0318. The molecule has 0 saturated heterocycles. The molecule has 0 unspecified atom stereocenters. The lowest BCUT2D eigenvalue weighted by Crippen LogP contribution is -2.23. The van der Waals surface area contributed by atoms with Gasteiger partial charge in [0.2, 0.25) is 17.6 Å². The minimum atomic E-state index is -0.0318. The summed E-state index contributed by atoms with van der Waals surface area (Å²) in [5.41, 5.74) is 4.37. The number of benzene rings is 2. The largest absolute Gasteiger partial charge is 0.352 e. The molecule has 1 heterocycles. The van der Waals surface area contributed by atoms with Gasteiger partial charge in [-0.1, -0.05) is 64.8 Å². The van der Waals surface area contributed by atoms with Gasteiger partial charge in [-0.05, 0) is 19.4 Å². The number of amides is 1. The van der Waals surface area contributed by atoms with E-state index in [1.165, 1.54) is 11.1 Å². The number of aryl methyl sites for hydroxylation is 3. The fourth-order valence-corrected chi connectivity index (χ4v) is 2.39. The van der Waals surface area contributed by atoms with Crippen LogP contribution in [0.5, 0.6) is 0 Å². The second-order valence-electron chi connectivity index (χ2n) is 6.14. The lowest BCUT2D eigenvalue weighted by Gasteiger charge is -2.04. The van der Waals surface area contributed by atoms with Gasteiger partial charge in [0.25, 0.3) is 0 Å². The zero-order valence-electron chi connectivity index (χ0n) is 14.5. The molecule has 5 heteroatoms. The van der Waals surface area contributed by atoms with Crippen molar-refractivity contribution in [3.8, 4) is 11.4 Å². The first kappa shape index (κ1) is 16.9. The normalized spacial score (nSPS) is 10.6. The van der Waals surface area contributed by atoms with Crippen LogP contribution in [-0.2, 0) is 17.8 Å². The minimum Gasteiger partial charge on any atom is -0.352 e. The molecule has 3 aromatic rings. The molecule has 0 spiro atoms. The molecular weight excluding hydrogens is 314 g/mol. The highest BCUT2D eigenvalue weighted by Gasteiger charge is 2.10. The molecule has 1 aromatic heterocycles. The van der Waals surface area contributed by atoms with Crippen LogP contribution in [0, 0.1) is 13.8 Å². The van der Waals surface area contributed by atoms with Crippen LogP contribution in [0.4, 0.5) is 0 Å². The predicted octanol–water partition coefficient (Wildman–Crippen LogP) is 3.60. The SMILES string of the molecule is Cc1ccc(CNC(=O)CCc2nc(-c3ccc(C)cc3)no2)cc1. The number of nitrogens with one attached hydrogen (secondary N) is 1. The maximum absolute atomic E-state index is 12.0. The fraction of sp³-hybridized carbons (Fsp3) is 0.250. The number of aromatic nitrogens is 2. The molecule has 0 fully saturated rings. The zero-order valence-corrected chi connectivity index (χ0v) is 14.5. The Morgan fingerprint density at radius 1 is 1.00 bits per heavy atom. The molecule has 0 aliphatic rings. The van der Waals surface area contributed by atoms with E-state index in [2.05, 4.69) is 15.5 Å². The summed E-state index contributed by atoms with van der Waals surface area (Å²) >= 11 is 0.